The van der Waals surface area contributed by atoms with E-state index < -0.39 is 11.7 Å². The molecule has 0 aliphatic carbocycles. The molecule has 176 valence electrons. The van der Waals surface area contributed by atoms with Gasteiger partial charge in [0.2, 0.25) is 0 Å². The van der Waals surface area contributed by atoms with Crippen molar-refractivity contribution in [3.8, 4) is 17.0 Å². The van der Waals surface area contributed by atoms with Crippen LogP contribution < -0.4 is 9.75 Å². The summed E-state index contributed by atoms with van der Waals surface area (Å²) in [7, 11) is 1.60. The normalized spacial score (nSPS) is 15.7. The molecule has 3 aromatic carbocycles. The summed E-state index contributed by atoms with van der Waals surface area (Å²) < 4.78 is 44.5. The van der Waals surface area contributed by atoms with Crippen LogP contribution in [-0.4, -0.2) is 23.0 Å². The lowest BCUT2D eigenvalue weighted by Gasteiger charge is -2.23. The Morgan fingerprint density at radius 1 is 0.800 bits per heavy atom. The van der Waals surface area contributed by atoms with Gasteiger partial charge >= 0.3 is 6.18 Å². The molecule has 0 saturated heterocycles. The SMILES string of the molecule is COc1ccc(C2=NN(c3ccc(-c4ccccc4)nn3)C(c3ccc(C(F)(F)F)cc3)C2)cc1. The Hall–Kier alpha value is -4.20. The molecule has 8 heteroatoms. The molecule has 0 amide bonds. The van der Waals surface area contributed by atoms with Crippen molar-refractivity contribution in [2.45, 2.75) is 18.6 Å². The first-order chi connectivity index (χ1) is 16.9. The lowest BCUT2D eigenvalue weighted by molar-refractivity contribution is -0.137. The lowest BCUT2D eigenvalue weighted by atomic mass is 9.97. The third kappa shape index (κ3) is 4.73. The van der Waals surface area contributed by atoms with Crippen LogP contribution in [-0.2, 0) is 6.18 Å². The fourth-order valence-corrected chi connectivity index (χ4v) is 4.04. The summed E-state index contributed by atoms with van der Waals surface area (Å²) in [6, 6.07) is 25.8. The molecule has 0 saturated carbocycles. The summed E-state index contributed by atoms with van der Waals surface area (Å²) in [6.07, 6.45) is -3.89. The molecule has 2 heterocycles. The number of hydrazone groups is 1. The zero-order valence-corrected chi connectivity index (χ0v) is 18.8. The Morgan fingerprint density at radius 2 is 1.51 bits per heavy atom. The monoisotopic (exact) mass is 474 g/mol. The van der Waals surface area contributed by atoms with Crippen molar-refractivity contribution < 1.29 is 17.9 Å². The van der Waals surface area contributed by atoms with Crippen LogP contribution in [0, 0.1) is 0 Å². The number of anilines is 1. The highest BCUT2D eigenvalue weighted by atomic mass is 19.4. The molecule has 0 spiro atoms. The predicted octanol–water partition coefficient (Wildman–Crippen LogP) is 6.53. The highest BCUT2D eigenvalue weighted by Crippen LogP contribution is 2.37. The number of hydrogen-bond acceptors (Lipinski definition) is 5. The van der Waals surface area contributed by atoms with E-state index in [1.165, 1.54) is 12.1 Å². The first-order valence-electron chi connectivity index (χ1n) is 11.0. The molecule has 35 heavy (non-hydrogen) atoms. The van der Waals surface area contributed by atoms with Gasteiger partial charge in [-0.2, -0.15) is 18.3 Å². The van der Waals surface area contributed by atoms with Gasteiger partial charge in [0, 0.05) is 12.0 Å². The third-order valence-corrected chi connectivity index (χ3v) is 5.91. The molecule has 4 aromatic rings. The van der Waals surface area contributed by atoms with E-state index in [4.69, 9.17) is 9.84 Å². The van der Waals surface area contributed by atoms with Gasteiger partial charge in [-0.15, -0.1) is 10.2 Å². The standard InChI is InChI=1S/C27H21F3N4O/c1-35-22-13-9-19(10-14-22)24-17-25(20-7-11-21(12-8-20)27(28,29)30)34(33-24)26-16-15-23(31-32-26)18-5-3-2-4-6-18/h2-16,25H,17H2,1H3. The van der Waals surface area contributed by atoms with Gasteiger partial charge in [-0.1, -0.05) is 42.5 Å². The van der Waals surface area contributed by atoms with Gasteiger partial charge in [0.25, 0.3) is 0 Å². The van der Waals surface area contributed by atoms with Crippen molar-refractivity contribution in [2.75, 3.05) is 12.1 Å². The third-order valence-electron chi connectivity index (χ3n) is 5.91. The van der Waals surface area contributed by atoms with Crippen molar-refractivity contribution in [3.05, 3.63) is 108 Å². The van der Waals surface area contributed by atoms with Gasteiger partial charge < -0.3 is 4.74 Å². The van der Waals surface area contributed by atoms with E-state index in [-0.39, 0.29) is 6.04 Å². The smallest absolute Gasteiger partial charge is 0.416 e. The van der Waals surface area contributed by atoms with Gasteiger partial charge in [0.15, 0.2) is 5.82 Å². The van der Waals surface area contributed by atoms with Crippen LogP contribution in [0.1, 0.15) is 29.2 Å². The number of methoxy groups -OCH3 is 1. The number of ether oxygens (including phenoxy) is 1. The van der Waals surface area contributed by atoms with Gasteiger partial charge in [0.05, 0.1) is 30.1 Å². The molecular formula is C27H21F3N4O. The lowest BCUT2D eigenvalue weighted by Crippen LogP contribution is -2.20. The molecule has 5 rings (SSSR count). The van der Waals surface area contributed by atoms with Crippen molar-refractivity contribution in [1.29, 1.82) is 0 Å². The number of nitrogens with zero attached hydrogens (tertiary/aromatic N) is 4. The van der Waals surface area contributed by atoms with Crippen LogP contribution >= 0.6 is 0 Å². The van der Waals surface area contributed by atoms with E-state index in [2.05, 4.69) is 10.2 Å². The molecule has 0 bridgehead atoms. The van der Waals surface area contributed by atoms with Gasteiger partial charge in [-0.3, -0.25) is 0 Å². The Labute approximate surface area is 200 Å². The van der Waals surface area contributed by atoms with Crippen LogP contribution in [0.25, 0.3) is 11.3 Å². The predicted molar refractivity (Wildman–Crippen MR) is 128 cm³/mol. The number of alkyl halides is 3. The fraction of sp³-hybridized carbons (Fsp3) is 0.148. The maximum absolute atomic E-state index is 13.1. The highest BCUT2D eigenvalue weighted by molar-refractivity contribution is 6.03. The van der Waals surface area contributed by atoms with Crippen LogP contribution in [0.5, 0.6) is 5.75 Å². The summed E-state index contributed by atoms with van der Waals surface area (Å²) in [5.41, 5.74) is 3.38. The Balaban J connectivity index is 1.50. The number of aromatic nitrogens is 2. The fourth-order valence-electron chi connectivity index (χ4n) is 4.04. The Kier molecular flexibility index (Phi) is 5.94. The molecule has 1 aliphatic heterocycles. The maximum atomic E-state index is 13.1. The number of hydrogen-bond donors (Lipinski definition) is 0. The minimum absolute atomic E-state index is 0.328. The topological polar surface area (TPSA) is 50.6 Å². The van der Waals surface area contributed by atoms with E-state index in [1.54, 1.807) is 12.1 Å². The quantitative estimate of drug-likeness (QED) is 0.330. The minimum atomic E-state index is -4.39. The number of rotatable bonds is 5. The summed E-state index contributed by atoms with van der Waals surface area (Å²) in [6.45, 7) is 0. The van der Waals surface area contributed by atoms with E-state index in [9.17, 15) is 13.2 Å². The van der Waals surface area contributed by atoms with E-state index in [0.29, 0.717) is 17.8 Å². The highest BCUT2D eigenvalue weighted by Gasteiger charge is 2.33. The molecule has 0 N–H and O–H groups in total. The van der Waals surface area contributed by atoms with Crippen LogP contribution in [0.2, 0.25) is 0 Å². The zero-order valence-electron chi connectivity index (χ0n) is 18.8. The largest absolute Gasteiger partial charge is 0.497 e. The van der Waals surface area contributed by atoms with Crippen LogP contribution in [0.15, 0.2) is 96.1 Å². The van der Waals surface area contributed by atoms with E-state index in [1.807, 2.05) is 66.7 Å². The average molecular weight is 474 g/mol. The first-order valence-corrected chi connectivity index (χ1v) is 11.0. The molecule has 1 atom stereocenters. The van der Waals surface area contributed by atoms with Crippen molar-refractivity contribution in [2.24, 2.45) is 5.10 Å². The van der Waals surface area contributed by atoms with Crippen molar-refractivity contribution in [3.63, 3.8) is 0 Å². The van der Waals surface area contributed by atoms with Crippen molar-refractivity contribution >= 4 is 11.5 Å². The summed E-state index contributed by atoms with van der Waals surface area (Å²) in [5.74, 6) is 1.24. The second-order valence-electron chi connectivity index (χ2n) is 8.10. The van der Waals surface area contributed by atoms with E-state index in [0.717, 1.165) is 40.4 Å². The molecule has 5 nitrogen and oxygen atoms in total. The van der Waals surface area contributed by atoms with Gasteiger partial charge in [-0.05, 0) is 59.7 Å². The number of benzene rings is 3. The molecular weight excluding hydrogens is 453 g/mol. The molecule has 0 radical (unpaired) electrons. The molecule has 1 aliphatic rings. The molecule has 1 aromatic heterocycles. The Morgan fingerprint density at radius 3 is 2.11 bits per heavy atom. The zero-order chi connectivity index (χ0) is 24.4. The van der Waals surface area contributed by atoms with Crippen molar-refractivity contribution in [1.82, 2.24) is 10.2 Å². The van der Waals surface area contributed by atoms with Gasteiger partial charge in [0.1, 0.15) is 5.75 Å². The maximum Gasteiger partial charge on any atom is 0.416 e. The summed E-state index contributed by atoms with van der Waals surface area (Å²) >= 11 is 0. The second kappa shape index (κ2) is 9.21. The first kappa shape index (κ1) is 22.6. The van der Waals surface area contributed by atoms with Crippen LogP contribution in [0.3, 0.4) is 0 Å². The molecule has 1 unspecified atom stereocenters. The average Bonchev–Trinajstić information content (AvgIpc) is 3.34. The number of halogens is 3. The van der Waals surface area contributed by atoms with Crippen LogP contribution in [0.4, 0.5) is 19.0 Å². The van der Waals surface area contributed by atoms with Gasteiger partial charge in [-0.25, -0.2) is 5.01 Å². The minimum Gasteiger partial charge on any atom is -0.497 e. The second-order valence-corrected chi connectivity index (χ2v) is 8.10. The van der Waals surface area contributed by atoms with E-state index >= 15 is 0 Å². The Bertz CT molecular complexity index is 1320. The summed E-state index contributed by atoms with van der Waals surface area (Å²) in [4.78, 5) is 0. The molecule has 0 fully saturated rings. The summed E-state index contributed by atoms with van der Waals surface area (Å²) in [5, 5.41) is 15.3.